The molecule has 0 radical (unpaired) electrons. The van der Waals surface area contributed by atoms with Gasteiger partial charge in [-0.15, -0.1) is 11.3 Å². The van der Waals surface area contributed by atoms with Gasteiger partial charge in [-0.1, -0.05) is 35.9 Å². The van der Waals surface area contributed by atoms with Crippen molar-refractivity contribution in [2.75, 3.05) is 5.32 Å². The summed E-state index contributed by atoms with van der Waals surface area (Å²) in [5.74, 6) is 0.294. The molecule has 0 unspecified atom stereocenters. The van der Waals surface area contributed by atoms with Crippen molar-refractivity contribution in [3.63, 3.8) is 0 Å². The molecule has 2 aromatic heterocycles. The average Bonchev–Trinajstić information content (AvgIpc) is 3.34. The lowest BCUT2D eigenvalue weighted by atomic mass is 10.1. The van der Waals surface area contributed by atoms with Gasteiger partial charge in [0, 0.05) is 36.0 Å². The number of aryl methyl sites for hydroxylation is 1. The van der Waals surface area contributed by atoms with Crippen LogP contribution in [0.2, 0.25) is 0 Å². The summed E-state index contributed by atoms with van der Waals surface area (Å²) < 4.78 is 15.3. The second-order valence-electron chi connectivity index (χ2n) is 7.11. The van der Waals surface area contributed by atoms with Crippen molar-refractivity contribution in [1.82, 2.24) is 19.7 Å². The number of carbonyl (C=O) groups is 1. The van der Waals surface area contributed by atoms with Gasteiger partial charge in [-0.05, 0) is 42.9 Å². The zero-order valence-electron chi connectivity index (χ0n) is 16.8. The van der Waals surface area contributed by atoms with Gasteiger partial charge >= 0.3 is 0 Å². The van der Waals surface area contributed by atoms with Gasteiger partial charge in [-0.2, -0.15) is 5.10 Å². The molecule has 0 atom stereocenters. The summed E-state index contributed by atoms with van der Waals surface area (Å²) in [4.78, 5) is 17.7. The van der Waals surface area contributed by atoms with Gasteiger partial charge in [0.15, 0.2) is 15.7 Å². The average molecular weight is 454 g/mol. The van der Waals surface area contributed by atoms with Crippen LogP contribution in [0.15, 0.2) is 54.7 Å². The molecule has 0 aliphatic heterocycles. The summed E-state index contributed by atoms with van der Waals surface area (Å²) >= 11 is 6.75. The van der Waals surface area contributed by atoms with Crippen LogP contribution in [0.5, 0.6) is 0 Å². The van der Waals surface area contributed by atoms with Crippen LogP contribution in [0, 0.1) is 17.5 Å². The highest BCUT2D eigenvalue weighted by molar-refractivity contribution is 7.71. The smallest absolute Gasteiger partial charge is 0.227 e. The lowest BCUT2D eigenvalue weighted by Gasteiger charge is -2.07. The fourth-order valence-corrected chi connectivity index (χ4v) is 4.26. The van der Waals surface area contributed by atoms with Crippen molar-refractivity contribution in [3.05, 3.63) is 81.3 Å². The maximum atomic E-state index is 13.0. The van der Waals surface area contributed by atoms with Crippen molar-refractivity contribution in [2.45, 2.75) is 26.3 Å². The molecule has 2 N–H and O–H groups in total. The summed E-state index contributed by atoms with van der Waals surface area (Å²) in [5.41, 5.74) is 3.05. The quantitative estimate of drug-likeness (QED) is 0.380. The Balaban J connectivity index is 1.37. The fourth-order valence-electron chi connectivity index (χ4n) is 3.18. The number of nitrogens with zero attached hydrogens (tertiary/aromatic N) is 3. The lowest BCUT2D eigenvalue weighted by Crippen LogP contribution is -2.15. The topological polar surface area (TPSA) is 75.6 Å². The summed E-state index contributed by atoms with van der Waals surface area (Å²) in [6.45, 7) is 2.42. The zero-order chi connectivity index (χ0) is 21.8. The van der Waals surface area contributed by atoms with Crippen LogP contribution in [0.4, 0.5) is 9.52 Å². The minimum atomic E-state index is -0.260. The van der Waals surface area contributed by atoms with E-state index >= 15 is 0 Å². The molecular weight excluding hydrogens is 433 g/mol. The number of rotatable bonds is 7. The van der Waals surface area contributed by atoms with Crippen molar-refractivity contribution in [1.29, 1.82) is 0 Å². The van der Waals surface area contributed by atoms with E-state index in [1.165, 1.54) is 23.5 Å². The molecule has 31 heavy (non-hydrogen) atoms. The monoisotopic (exact) mass is 453 g/mol. The second kappa shape index (κ2) is 9.32. The second-order valence-corrected chi connectivity index (χ2v) is 8.61. The number of H-pyrrole nitrogens is 1. The molecular formula is C22H20FN5OS2. The van der Waals surface area contributed by atoms with E-state index in [0.29, 0.717) is 28.7 Å². The third-order valence-corrected chi connectivity index (χ3v) is 5.91. The van der Waals surface area contributed by atoms with E-state index in [-0.39, 0.29) is 18.1 Å². The van der Waals surface area contributed by atoms with Gasteiger partial charge in [-0.3, -0.25) is 14.5 Å². The number of carbonyl (C=O) groups excluding carboxylic acids is 1. The third-order valence-electron chi connectivity index (χ3n) is 4.69. The van der Waals surface area contributed by atoms with Crippen LogP contribution in [0.3, 0.4) is 0 Å². The van der Waals surface area contributed by atoms with E-state index in [4.69, 9.17) is 12.2 Å². The number of hydrogen-bond acceptors (Lipinski definition) is 5. The van der Waals surface area contributed by atoms with Gasteiger partial charge in [0.25, 0.3) is 0 Å². The molecule has 4 aromatic rings. The maximum absolute atomic E-state index is 13.0. The Morgan fingerprint density at radius 2 is 2.06 bits per heavy atom. The first kappa shape index (κ1) is 21.1. The Morgan fingerprint density at radius 1 is 1.26 bits per heavy atom. The summed E-state index contributed by atoms with van der Waals surface area (Å²) in [6.07, 6.45) is 2.60. The molecule has 0 saturated heterocycles. The maximum Gasteiger partial charge on any atom is 0.227 e. The predicted octanol–water partition coefficient (Wildman–Crippen LogP) is 5.13. The van der Waals surface area contributed by atoms with E-state index in [1.54, 1.807) is 18.3 Å². The largest absolute Gasteiger partial charge is 0.302 e. The molecule has 0 spiro atoms. The van der Waals surface area contributed by atoms with E-state index in [2.05, 4.69) is 20.5 Å². The van der Waals surface area contributed by atoms with Crippen molar-refractivity contribution in [3.8, 4) is 11.4 Å². The third kappa shape index (κ3) is 5.31. The minimum absolute atomic E-state index is 0.152. The Labute approximate surface area is 187 Å². The number of benzene rings is 2. The Morgan fingerprint density at radius 3 is 2.84 bits per heavy atom. The van der Waals surface area contributed by atoms with Gasteiger partial charge in [0.1, 0.15) is 5.82 Å². The summed E-state index contributed by atoms with van der Waals surface area (Å²) in [6, 6.07) is 14.3. The van der Waals surface area contributed by atoms with E-state index < -0.39 is 0 Å². The van der Waals surface area contributed by atoms with E-state index in [0.717, 1.165) is 21.6 Å². The molecule has 0 saturated carbocycles. The number of amides is 1. The molecule has 2 heterocycles. The van der Waals surface area contributed by atoms with Crippen LogP contribution < -0.4 is 5.32 Å². The van der Waals surface area contributed by atoms with Crippen LogP contribution >= 0.6 is 23.6 Å². The van der Waals surface area contributed by atoms with Crippen molar-refractivity contribution >= 4 is 34.6 Å². The summed E-state index contributed by atoms with van der Waals surface area (Å²) in [7, 11) is 0. The minimum Gasteiger partial charge on any atom is -0.302 e. The van der Waals surface area contributed by atoms with Crippen molar-refractivity contribution < 1.29 is 9.18 Å². The fraction of sp³-hybridized carbons (Fsp3) is 0.182. The molecule has 2 aromatic carbocycles. The molecule has 6 nitrogen and oxygen atoms in total. The Hall–Kier alpha value is -3.17. The van der Waals surface area contributed by atoms with Crippen LogP contribution in [0.1, 0.15) is 22.4 Å². The molecule has 0 aliphatic carbocycles. The molecule has 4 rings (SSSR count). The standard InChI is InChI=1S/C22H20FN5OS2/c1-14-3-2-4-16(11-14)20-26-27-22(30)28(20)10-9-19(29)25-21-24-13-18(31-21)12-15-5-7-17(23)8-6-15/h2-8,11,13H,9-10,12H2,1H3,(H,27,30)(H,24,25,29). The highest BCUT2D eigenvalue weighted by Gasteiger charge is 2.12. The van der Waals surface area contributed by atoms with E-state index in [1.807, 2.05) is 35.8 Å². The SMILES string of the molecule is Cc1cccc(-c2n[nH]c(=S)n2CCC(=O)Nc2ncc(Cc3ccc(F)cc3)s2)c1. The van der Waals surface area contributed by atoms with E-state index in [9.17, 15) is 9.18 Å². The molecule has 0 fully saturated rings. The molecule has 9 heteroatoms. The highest BCUT2D eigenvalue weighted by Crippen LogP contribution is 2.22. The number of aromatic nitrogens is 4. The normalized spacial score (nSPS) is 10.9. The van der Waals surface area contributed by atoms with Crippen LogP contribution in [0.25, 0.3) is 11.4 Å². The first-order valence-corrected chi connectivity index (χ1v) is 10.9. The number of aromatic amines is 1. The Bertz CT molecular complexity index is 1260. The zero-order valence-corrected chi connectivity index (χ0v) is 18.4. The van der Waals surface area contributed by atoms with Gasteiger partial charge in [-0.25, -0.2) is 9.37 Å². The lowest BCUT2D eigenvalue weighted by molar-refractivity contribution is -0.116. The van der Waals surface area contributed by atoms with Gasteiger partial charge in [0.2, 0.25) is 5.91 Å². The first-order valence-electron chi connectivity index (χ1n) is 9.69. The molecule has 0 bridgehead atoms. The number of thiazole rings is 1. The highest BCUT2D eigenvalue weighted by atomic mass is 32.1. The summed E-state index contributed by atoms with van der Waals surface area (Å²) in [5, 5.41) is 10.5. The number of nitrogens with one attached hydrogen (secondary N) is 2. The number of anilines is 1. The molecule has 158 valence electrons. The van der Waals surface area contributed by atoms with Crippen LogP contribution in [-0.4, -0.2) is 25.7 Å². The number of halogens is 1. The van der Waals surface area contributed by atoms with Crippen LogP contribution in [-0.2, 0) is 17.8 Å². The van der Waals surface area contributed by atoms with Gasteiger partial charge < -0.3 is 5.32 Å². The van der Waals surface area contributed by atoms with Crippen molar-refractivity contribution in [2.24, 2.45) is 0 Å². The molecule has 0 aliphatic rings. The Kier molecular flexibility index (Phi) is 6.34. The first-order chi connectivity index (χ1) is 15.0. The number of hydrogen-bond donors (Lipinski definition) is 2. The van der Waals surface area contributed by atoms with Gasteiger partial charge in [0.05, 0.1) is 0 Å². The predicted molar refractivity (Wildman–Crippen MR) is 122 cm³/mol. The molecule has 1 amide bonds.